The van der Waals surface area contributed by atoms with Crippen molar-refractivity contribution >= 4 is 16.7 Å². The van der Waals surface area contributed by atoms with Gasteiger partial charge in [-0.05, 0) is 30.4 Å². The van der Waals surface area contributed by atoms with Crippen LogP contribution in [0.4, 0.5) is 0 Å². The van der Waals surface area contributed by atoms with Crippen LogP contribution >= 0.6 is 0 Å². The van der Waals surface area contributed by atoms with Gasteiger partial charge in [0.15, 0.2) is 0 Å². The molecule has 3 aromatic rings. The highest BCUT2D eigenvalue weighted by atomic mass is 16.2. The summed E-state index contributed by atoms with van der Waals surface area (Å²) < 4.78 is 0. The minimum absolute atomic E-state index is 0.0463. The van der Waals surface area contributed by atoms with Gasteiger partial charge >= 0.3 is 0 Å². The van der Waals surface area contributed by atoms with Gasteiger partial charge in [0.05, 0.1) is 0 Å². The highest BCUT2D eigenvalue weighted by Gasteiger charge is 2.24. The fraction of sp³-hybridized carbons (Fsp3) is 0.304. The molecule has 1 fully saturated rings. The second-order valence-corrected chi connectivity index (χ2v) is 7.25. The van der Waals surface area contributed by atoms with Gasteiger partial charge < -0.3 is 4.90 Å². The molecule has 27 heavy (non-hydrogen) atoms. The molecule has 1 saturated heterocycles. The molecule has 1 amide bonds. The first-order valence-corrected chi connectivity index (χ1v) is 9.61. The van der Waals surface area contributed by atoms with E-state index in [1.165, 1.54) is 11.1 Å². The smallest absolute Gasteiger partial charge is 0.273 e. The maximum atomic E-state index is 13.0. The molecule has 0 aliphatic carbocycles. The van der Waals surface area contributed by atoms with Crippen LogP contribution in [-0.2, 0) is 6.42 Å². The highest BCUT2D eigenvalue weighted by molar-refractivity contribution is 6.05. The van der Waals surface area contributed by atoms with E-state index >= 15 is 0 Å². The number of amides is 1. The average Bonchev–Trinajstić information content (AvgIpc) is 2.73. The molecule has 1 aliphatic heterocycles. The average molecular weight is 359 g/mol. The van der Waals surface area contributed by atoms with E-state index in [-0.39, 0.29) is 5.91 Å². The van der Waals surface area contributed by atoms with Crippen molar-refractivity contribution in [3.8, 4) is 0 Å². The highest BCUT2D eigenvalue weighted by Crippen LogP contribution is 2.18. The Morgan fingerprint density at radius 2 is 1.70 bits per heavy atom. The zero-order valence-corrected chi connectivity index (χ0v) is 15.8. The molecular weight excluding hydrogens is 334 g/mol. The van der Waals surface area contributed by atoms with E-state index < -0.39 is 0 Å². The fourth-order valence-corrected chi connectivity index (χ4v) is 3.66. The van der Waals surface area contributed by atoms with Gasteiger partial charge in [0, 0.05) is 44.3 Å². The van der Waals surface area contributed by atoms with Crippen LogP contribution in [0.3, 0.4) is 0 Å². The Balaban J connectivity index is 1.36. The number of nitrogens with zero attached hydrogens (tertiary/aromatic N) is 3. The van der Waals surface area contributed by atoms with Crippen molar-refractivity contribution in [2.24, 2.45) is 0 Å². The standard InChI is InChI=1S/C23H25N3O/c1-18-6-8-19(9-7-18)11-13-25-14-16-26(17-15-25)23(27)22-21-5-3-2-4-20(21)10-12-24-22/h2-10,12H,11,13-17H2,1H3. The van der Waals surface area contributed by atoms with Gasteiger partial charge in [0.1, 0.15) is 5.69 Å². The van der Waals surface area contributed by atoms with Crippen molar-refractivity contribution < 1.29 is 4.79 Å². The van der Waals surface area contributed by atoms with E-state index in [0.717, 1.165) is 49.9 Å². The first kappa shape index (κ1) is 17.7. The van der Waals surface area contributed by atoms with Crippen LogP contribution in [0.1, 0.15) is 21.6 Å². The molecule has 2 heterocycles. The van der Waals surface area contributed by atoms with Crippen LogP contribution < -0.4 is 0 Å². The molecule has 138 valence electrons. The summed E-state index contributed by atoms with van der Waals surface area (Å²) in [5, 5.41) is 2.00. The zero-order valence-electron chi connectivity index (χ0n) is 15.8. The molecule has 0 radical (unpaired) electrons. The summed E-state index contributed by atoms with van der Waals surface area (Å²) in [6.07, 6.45) is 2.78. The third-order valence-electron chi connectivity index (χ3n) is 5.37. The van der Waals surface area contributed by atoms with E-state index in [0.29, 0.717) is 5.69 Å². The largest absolute Gasteiger partial charge is 0.335 e. The van der Waals surface area contributed by atoms with Crippen LogP contribution in [0.25, 0.3) is 10.8 Å². The Kier molecular flexibility index (Phi) is 5.16. The molecule has 0 unspecified atom stereocenters. The molecule has 0 atom stereocenters. The molecule has 1 aromatic heterocycles. The first-order chi connectivity index (χ1) is 13.2. The maximum absolute atomic E-state index is 13.0. The van der Waals surface area contributed by atoms with Crippen LogP contribution in [-0.4, -0.2) is 53.4 Å². The van der Waals surface area contributed by atoms with Gasteiger partial charge in [0.2, 0.25) is 0 Å². The SMILES string of the molecule is Cc1ccc(CCN2CCN(C(=O)c3nccc4ccccc34)CC2)cc1. The monoisotopic (exact) mass is 359 g/mol. The number of carbonyl (C=O) groups is 1. The van der Waals surface area contributed by atoms with Crippen molar-refractivity contribution in [3.63, 3.8) is 0 Å². The lowest BCUT2D eigenvalue weighted by atomic mass is 10.1. The molecule has 0 saturated carbocycles. The quantitative estimate of drug-likeness (QED) is 0.715. The molecule has 4 rings (SSSR count). The summed E-state index contributed by atoms with van der Waals surface area (Å²) >= 11 is 0. The minimum Gasteiger partial charge on any atom is -0.335 e. The lowest BCUT2D eigenvalue weighted by Crippen LogP contribution is -2.49. The van der Waals surface area contributed by atoms with E-state index in [1.54, 1.807) is 6.20 Å². The zero-order chi connectivity index (χ0) is 18.6. The van der Waals surface area contributed by atoms with Crippen LogP contribution in [0.15, 0.2) is 60.8 Å². The van der Waals surface area contributed by atoms with Gasteiger partial charge in [-0.15, -0.1) is 0 Å². The number of piperazine rings is 1. The van der Waals surface area contributed by atoms with Crippen molar-refractivity contribution in [2.75, 3.05) is 32.7 Å². The number of aromatic nitrogens is 1. The third kappa shape index (κ3) is 4.01. The molecule has 0 N–H and O–H groups in total. The second-order valence-electron chi connectivity index (χ2n) is 7.25. The molecular formula is C23H25N3O. The van der Waals surface area contributed by atoms with Crippen molar-refractivity contribution in [1.29, 1.82) is 0 Å². The predicted octanol–water partition coefficient (Wildman–Crippen LogP) is 3.54. The van der Waals surface area contributed by atoms with E-state index in [1.807, 2.05) is 35.2 Å². The van der Waals surface area contributed by atoms with Crippen molar-refractivity contribution in [3.05, 3.63) is 77.6 Å². The lowest BCUT2D eigenvalue weighted by molar-refractivity contribution is 0.0635. The topological polar surface area (TPSA) is 36.4 Å². The van der Waals surface area contributed by atoms with Crippen LogP contribution in [0.2, 0.25) is 0 Å². The molecule has 1 aliphatic rings. The Labute approximate surface area is 160 Å². The van der Waals surface area contributed by atoms with Gasteiger partial charge in [-0.1, -0.05) is 54.1 Å². The maximum Gasteiger partial charge on any atom is 0.273 e. The summed E-state index contributed by atoms with van der Waals surface area (Å²) in [7, 11) is 0. The van der Waals surface area contributed by atoms with Crippen molar-refractivity contribution in [1.82, 2.24) is 14.8 Å². The van der Waals surface area contributed by atoms with E-state index in [2.05, 4.69) is 41.1 Å². The lowest BCUT2D eigenvalue weighted by Gasteiger charge is -2.34. The third-order valence-corrected chi connectivity index (χ3v) is 5.37. The summed E-state index contributed by atoms with van der Waals surface area (Å²) in [5.74, 6) is 0.0463. The predicted molar refractivity (Wildman–Crippen MR) is 109 cm³/mol. The summed E-state index contributed by atoms with van der Waals surface area (Å²) in [6, 6.07) is 18.7. The van der Waals surface area contributed by atoms with Crippen LogP contribution in [0, 0.1) is 6.92 Å². The first-order valence-electron chi connectivity index (χ1n) is 9.61. The molecule has 2 aromatic carbocycles. The fourth-order valence-electron chi connectivity index (χ4n) is 3.66. The summed E-state index contributed by atoms with van der Waals surface area (Å²) in [6.45, 7) is 6.52. The number of fused-ring (bicyclic) bond motifs is 1. The number of aryl methyl sites for hydroxylation is 1. The summed E-state index contributed by atoms with van der Waals surface area (Å²) in [5.41, 5.74) is 3.24. The van der Waals surface area contributed by atoms with Gasteiger partial charge in [-0.2, -0.15) is 0 Å². The number of hydrogen-bond acceptors (Lipinski definition) is 3. The Hall–Kier alpha value is -2.72. The number of rotatable bonds is 4. The van der Waals surface area contributed by atoms with Crippen LogP contribution in [0.5, 0.6) is 0 Å². The Morgan fingerprint density at radius 3 is 2.48 bits per heavy atom. The van der Waals surface area contributed by atoms with E-state index in [9.17, 15) is 4.79 Å². The summed E-state index contributed by atoms with van der Waals surface area (Å²) in [4.78, 5) is 21.7. The molecule has 0 spiro atoms. The number of pyridine rings is 1. The normalized spacial score (nSPS) is 15.2. The molecule has 0 bridgehead atoms. The van der Waals surface area contributed by atoms with Gasteiger partial charge in [0.25, 0.3) is 5.91 Å². The number of hydrogen-bond donors (Lipinski definition) is 0. The Morgan fingerprint density at radius 1 is 0.963 bits per heavy atom. The number of carbonyl (C=O) groups excluding carboxylic acids is 1. The van der Waals surface area contributed by atoms with Gasteiger partial charge in [-0.25, -0.2) is 0 Å². The molecule has 4 heteroatoms. The van der Waals surface area contributed by atoms with Crippen molar-refractivity contribution in [2.45, 2.75) is 13.3 Å². The van der Waals surface area contributed by atoms with Gasteiger partial charge in [-0.3, -0.25) is 14.7 Å². The van der Waals surface area contributed by atoms with E-state index in [4.69, 9.17) is 0 Å². The number of benzene rings is 2. The minimum atomic E-state index is 0.0463. The molecule has 4 nitrogen and oxygen atoms in total. The second kappa shape index (κ2) is 7.89. The Bertz CT molecular complexity index is 923.